The molecule has 0 aromatic rings. The minimum atomic E-state index is 0.395. The summed E-state index contributed by atoms with van der Waals surface area (Å²) in [5.74, 6) is 0. The Kier molecular flexibility index (Phi) is 2.66. The SMILES string of the molecule is C[C@H]1CC[C@@H](OC2CCC2)CO1. The molecule has 1 aliphatic heterocycles. The molecule has 0 N–H and O–H groups in total. The summed E-state index contributed by atoms with van der Waals surface area (Å²) in [4.78, 5) is 0. The Morgan fingerprint density at radius 3 is 2.42 bits per heavy atom. The highest BCUT2D eigenvalue weighted by molar-refractivity contribution is 4.74. The van der Waals surface area contributed by atoms with Gasteiger partial charge in [-0.3, -0.25) is 0 Å². The van der Waals surface area contributed by atoms with Gasteiger partial charge >= 0.3 is 0 Å². The molecule has 12 heavy (non-hydrogen) atoms. The molecule has 0 aromatic carbocycles. The van der Waals surface area contributed by atoms with Crippen LogP contribution in [-0.2, 0) is 9.47 Å². The van der Waals surface area contributed by atoms with E-state index in [0.29, 0.717) is 18.3 Å². The zero-order valence-electron chi connectivity index (χ0n) is 7.79. The molecule has 1 saturated carbocycles. The zero-order chi connectivity index (χ0) is 8.39. The lowest BCUT2D eigenvalue weighted by Crippen LogP contribution is -2.35. The van der Waals surface area contributed by atoms with Gasteiger partial charge in [0.1, 0.15) is 0 Å². The lowest BCUT2D eigenvalue weighted by molar-refractivity contribution is -0.123. The van der Waals surface area contributed by atoms with Gasteiger partial charge in [-0.05, 0) is 39.0 Å². The molecule has 2 fully saturated rings. The molecule has 2 atom stereocenters. The van der Waals surface area contributed by atoms with Crippen LogP contribution in [0.2, 0.25) is 0 Å². The average Bonchev–Trinajstić information content (AvgIpc) is 2.00. The van der Waals surface area contributed by atoms with Crippen molar-refractivity contribution in [3.8, 4) is 0 Å². The van der Waals surface area contributed by atoms with Crippen molar-refractivity contribution in [3.63, 3.8) is 0 Å². The van der Waals surface area contributed by atoms with Gasteiger partial charge in [-0.25, -0.2) is 0 Å². The second kappa shape index (κ2) is 3.75. The molecule has 0 amide bonds. The first-order valence-electron chi connectivity index (χ1n) is 5.11. The van der Waals surface area contributed by atoms with Crippen molar-refractivity contribution in [1.82, 2.24) is 0 Å². The van der Waals surface area contributed by atoms with Crippen molar-refractivity contribution in [3.05, 3.63) is 0 Å². The van der Waals surface area contributed by atoms with E-state index in [9.17, 15) is 0 Å². The molecule has 0 aromatic heterocycles. The molecule has 2 nitrogen and oxygen atoms in total. The van der Waals surface area contributed by atoms with Gasteiger partial charge in [0.25, 0.3) is 0 Å². The van der Waals surface area contributed by atoms with Crippen LogP contribution in [0.15, 0.2) is 0 Å². The maximum Gasteiger partial charge on any atom is 0.0813 e. The third-order valence-electron chi connectivity index (χ3n) is 2.90. The Morgan fingerprint density at radius 1 is 1.08 bits per heavy atom. The van der Waals surface area contributed by atoms with Crippen LogP contribution in [0.4, 0.5) is 0 Å². The maximum atomic E-state index is 5.85. The summed E-state index contributed by atoms with van der Waals surface area (Å²) in [5, 5.41) is 0. The Hall–Kier alpha value is -0.0800. The highest BCUT2D eigenvalue weighted by atomic mass is 16.5. The van der Waals surface area contributed by atoms with Gasteiger partial charge in [0.2, 0.25) is 0 Å². The molecule has 1 saturated heterocycles. The molecule has 2 heteroatoms. The van der Waals surface area contributed by atoms with Gasteiger partial charge in [0.15, 0.2) is 0 Å². The predicted molar refractivity (Wildman–Crippen MR) is 47.2 cm³/mol. The molecule has 2 aliphatic rings. The fraction of sp³-hybridized carbons (Fsp3) is 1.00. The average molecular weight is 170 g/mol. The van der Waals surface area contributed by atoms with Crippen molar-refractivity contribution < 1.29 is 9.47 Å². The van der Waals surface area contributed by atoms with E-state index >= 15 is 0 Å². The second-order valence-electron chi connectivity index (χ2n) is 4.03. The van der Waals surface area contributed by atoms with Gasteiger partial charge in [0, 0.05) is 0 Å². The van der Waals surface area contributed by atoms with Gasteiger partial charge in [-0.2, -0.15) is 0 Å². The Bertz CT molecular complexity index is 135. The van der Waals surface area contributed by atoms with E-state index in [2.05, 4.69) is 6.92 Å². The van der Waals surface area contributed by atoms with Crippen LogP contribution in [0.1, 0.15) is 39.0 Å². The highest BCUT2D eigenvalue weighted by Gasteiger charge is 2.25. The van der Waals surface area contributed by atoms with Crippen molar-refractivity contribution in [2.75, 3.05) is 6.61 Å². The van der Waals surface area contributed by atoms with E-state index in [1.165, 1.54) is 25.7 Å². The first-order valence-corrected chi connectivity index (χ1v) is 5.11. The predicted octanol–water partition coefficient (Wildman–Crippen LogP) is 2.12. The molecule has 0 spiro atoms. The van der Waals surface area contributed by atoms with Gasteiger partial charge in [-0.1, -0.05) is 0 Å². The third-order valence-corrected chi connectivity index (χ3v) is 2.90. The summed E-state index contributed by atoms with van der Waals surface area (Å²) < 4.78 is 11.4. The Balaban J connectivity index is 1.67. The summed E-state index contributed by atoms with van der Waals surface area (Å²) in [5.41, 5.74) is 0. The number of rotatable bonds is 2. The molecule has 1 heterocycles. The van der Waals surface area contributed by atoms with Crippen LogP contribution < -0.4 is 0 Å². The number of hydrogen-bond acceptors (Lipinski definition) is 2. The van der Waals surface area contributed by atoms with Crippen molar-refractivity contribution in [2.24, 2.45) is 0 Å². The molecule has 0 radical (unpaired) electrons. The minimum absolute atomic E-state index is 0.395. The van der Waals surface area contributed by atoms with Crippen LogP contribution in [-0.4, -0.2) is 24.9 Å². The largest absolute Gasteiger partial charge is 0.376 e. The first kappa shape index (κ1) is 8.52. The van der Waals surface area contributed by atoms with E-state index < -0.39 is 0 Å². The fourth-order valence-corrected chi connectivity index (χ4v) is 1.75. The van der Waals surface area contributed by atoms with Crippen molar-refractivity contribution in [1.29, 1.82) is 0 Å². The molecule has 0 unspecified atom stereocenters. The van der Waals surface area contributed by atoms with Crippen LogP contribution in [0, 0.1) is 0 Å². The van der Waals surface area contributed by atoms with E-state index in [1.54, 1.807) is 0 Å². The summed E-state index contributed by atoms with van der Waals surface area (Å²) in [7, 11) is 0. The Morgan fingerprint density at radius 2 is 1.92 bits per heavy atom. The zero-order valence-corrected chi connectivity index (χ0v) is 7.79. The van der Waals surface area contributed by atoms with Crippen molar-refractivity contribution >= 4 is 0 Å². The molecule has 0 bridgehead atoms. The normalized spacial score (nSPS) is 37.8. The standard InChI is InChI=1S/C10H18O2/c1-8-5-6-10(7-11-8)12-9-3-2-4-9/h8-10H,2-7H2,1H3/t8-,10+/m0/s1. The van der Waals surface area contributed by atoms with Gasteiger partial charge < -0.3 is 9.47 Å². The topological polar surface area (TPSA) is 18.5 Å². The second-order valence-corrected chi connectivity index (χ2v) is 4.03. The number of ether oxygens (including phenoxy) is 2. The quantitative estimate of drug-likeness (QED) is 0.632. The smallest absolute Gasteiger partial charge is 0.0813 e. The first-order chi connectivity index (χ1) is 5.84. The van der Waals surface area contributed by atoms with E-state index in [-0.39, 0.29) is 0 Å². The van der Waals surface area contributed by atoms with Crippen molar-refractivity contribution in [2.45, 2.75) is 57.3 Å². The monoisotopic (exact) mass is 170 g/mol. The molecule has 70 valence electrons. The third kappa shape index (κ3) is 1.99. The Labute approximate surface area is 74.2 Å². The molecular formula is C10H18O2. The van der Waals surface area contributed by atoms with Gasteiger partial charge in [0.05, 0.1) is 24.9 Å². The van der Waals surface area contributed by atoms with E-state index in [4.69, 9.17) is 9.47 Å². The molecule has 1 aliphatic carbocycles. The van der Waals surface area contributed by atoms with Gasteiger partial charge in [-0.15, -0.1) is 0 Å². The lowest BCUT2D eigenvalue weighted by atomic mass is 9.95. The van der Waals surface area contributed by atoms with Crippen LogP contribution in [0.3, 0.4) is 0 Å². The summed E-state index contributed by atoms with van der Waals surface area (Å²) in [6.07, 6.45) is 7.66. The maximum absolute atomic E-state index is 5.85. The molecular weight excluding hydrogens is 152 g/mol. The van der Waals surface area contributed by atoms with Crippen LogP contribution in [0.25, 0.3) is 0 Å². The summed E-state index contributed by atoms with van der Waals surface area (Å²) >= 11 is 0. The van der Waals surface area contributed by atoms with E-state index in [1.807, 2.05) is 0 Å². The lowest BCUT2D eigenvalue weighted by Gasteiger charge is -2.33. The van der Waals surface area contributed by atoms with E-state index in [0.717, 1.165) is 13.0 Å². The highest BCUT2D eigenvalue weighted by Crippen LogP contribution is 2.26. The fourth-order valence-electron chi connectivity index (χ4n) is 1.75. The van der Waals surface area contributed by atoms with Crippen LogP contribution >= 0.6 is 0 Å². The summed E-state index contributed by atoms with van der Waals surface area (Å²) in [6, 6.07) is 0. The summed E-state index contributed by atoms with van der Waals surface area (Å²) in [6.45, 7) is 2.96. The minimum Gasteiger partial charge on any atom is -0.376 e. The van der Waals surface area contributed by atoms with Crippen LogP contribution in [0.5, 0.6) is 0 Å². The number of hydrogen-bond donors (Lipinski definition) is 0. The molecule has 2 rings (SSSR count).